The Morgan fingerprint density at radius 2 is 1.80 bits per heavy atom. The van der Waals surface area contributed by atoms with Gasteiger partial charge in [-0.15, -0.1) is 0 Å². The van der Waals surface area contributed by atoms with Crippen LogP contribution in [0, 0.1) is 13.0 Å². The Morgan fingerprint density at radius 3 is 2.53 bits per heavy atom. The van der Waals surface area contributed by atoms with Crippen molar-refractivity contribution in [3.63, 3.8) is 0 Å². The van der Waals surface area contributed by atoms with Gasteiger partial charge in [-0.05, 0) is 31.4 Å². The summed E-state index contributed by atoms with van der Waals surface area (Å²) in [4.78, 5) is 0. The maximum absolute atomic E-state index is 3.31. The highest BCUT2D eigenvalue weighted by Crippen LogP contribution is 2.10. The van der Waals surface area contributed by atoms with Gasteiger partial charge in [0.1, 0.15) is 0 Å². The van der Waals surface area contributed by atoms with E-state index in [9.17, 15) is 0 Å². The van der Waals surface area contributed by atoms with Crippen molar-refractivity contribution < 1.29 is 0 Å². The number of benzene rings is 1. The summed E-state index contributed by atoms with van der Waals surface area (Å²) in [5.74, 6) is 0. The molecule has 0 N–H and O–H groups in total. The first-order chi connectivity index (χ1) is 7.33. The first kappa shape index (κ1) is 12.3. The van der Waals surface area contributed by atoms with Crippen LogP contribution in [-0.2, 0) is 6.42 Å². The number of rotatable bonds is 7. The van der Waals surface area contributed by atoms with Gasteiger partial charge in [-0.2, -0.15) is 0 Å². The zero-order chi connectivity index (χ0) is 10.9. The molecule has 0 bridgehead atoms. The fourth-order valence-corrected chi connectivity index (χ4v) is 1.88. The van der Waals surface area contributed by atoms with E-state index in [4.69, 9.17) is 0 Å². The SMILES string of the molecule is CCCCCCCCc1[c]ccc(C)c1. The van der Waals surface area contributed by atoms with Gasteiger partial charge in [-0.1, -0.05) is 62.8 Å². The first-order valence-electron chi connectivity index (χ1n) is 6.30. The molecule has 0 nitrogen and oxygen atoms in total. The number of hydrogen-bond acceptors (Lipinski definition) is 0. The molecule has 0 saturated carbocycles. The number of unbranched alkanes of at least 4 members (excludes halogenated alkanes) is 5. The predicted molar refractivity (Wildman–Crippen MR) is 67.1 cm³/mol. The summed E-state index contributed by atoms with van der Waals surface area (Å²) < 4.78 is 0. The second-order valence-corrected chi connectivity index (χ2v) is 4.41. The van der Waals surface area contributed by atoms with E-state index in [2.05, 4.69) is 32.0 Å². The van der Waals surface area contributed by atoms with Crippen LogP contribution in [0.15, 0.2) is 18.2 Å². The molecule has 0 heterocycles. The molecule has 0 aromatic heterocycles. The smallest absolute Gasteiger partial charge is 0.0149 e. The molecule has 1 rings (SSSR count). The van der Waals surface area contributed by atoms with E-state index in [0.29, 0.717) is 0 Å². The van der Waals surface area contributed by atoms with Gasteiger partial charge in [0.25, 0.3) is 0 Å². The highest BCUT2D eigenvalue weighted by molar-refractivity contribution is 5.20. The van der Waals surface area contributed by atoms with E-state index < -0.39 is 0 Å². The summed E-state index contributed by atoms with van der Waals surface area (Å²) in [6, 6.07) is 9.73. The third-order valence-corrected chi connectivity index (χ3v) is 2.82. The van der Waals surface area contributed by atoms with E-state index in [1.807, 2.05) is 6.07 Å². The van der Waals surface area contributed by atoms with Gasteiger partial charge in [0.2, 0.25) is 0 Å². The summed E-state index contributed by atoms with van der Waals surface area (Å²) in [6.07, 6.45) is 9.45. The van der Waals surface area contributed by atoms with Crippen molar-refractivity contribution in [2.75, 3.05) is 0 Å². The Bertz CT molecular complexity index is 262. The summed E-state index contributed by atoms with van der Waals surface area (Å²) in [6.45, 7) is 4.42. The van der Waals surface area contributed by atoms with Crippen molar-refractivity contribution in [2.24, 2.45) is 0 Å². The van der Waals surface area contributed by atoms with Gasteiger partial charge in [0.05, 0.1) is 0 Å². The molecule has 0 aliphatic rings. The van der Waals surface area contributed by atoms with E-state index in [1.165, 1.54) is 56.1 Å². The molecule has 0 aliphatic heterocycles. The molecule has 0 fully saturated rings. The van der Waals surface area contributed by atoms with Crippen molar-refractivity contribution in [1.29, 1.82) is 0 Å². The molecule has 83 valence electrons. The molecule has 0 atom stereocenters. The molecule has 0 spiro atoms. The van der Waals surface area contributed by atoms with E-state index in [-0.39, 0.29) is 0 Å². The van der Waals surface area contributed by atoms with Crippen LogP contribution in [0.25, 0.3) is 0 Å². The predicted octanol–water partition coefficient (Wildman–Crippen LogP) is 4.70. The van der Waals surface area contributed by atoms with Gasteiger partial charge >= 0.3 is 0 Å². The van der Waals surface area contributed by atoms with E-state index in [1.54, 1.807) is 0 Å². The molecule has 15 heavy (non-hydrogen) atoms. The topological polar surface area (TPSA) is 0 Å². The van der Waals surface area contributed by atoms with Crippen LogP contribution in [0.2, 0.25) is 0 Å². The third-order valence-electron chi connectivity index (χ3n) is 2.82. The fourth-order valence-electron chi connectivity index (χ4n) is 1.88. The first-order valence-corrected chi connectivity index (χ1v) is 6.30. The maximum atomic E-state index is 3.31. The van der Waals surface area contributed by atoms with Crippen molar-refractivity contribution in [3.05, 3.63) is 35.4 Å². The van der Waals surface area contributed by atoms with Crippen LogP contribution >= 0.6 is 0 Å². The molecule has 1 aromatic rings. The van der Waals surface area contributed by atoms with E-state index in [0.717, 1.165) is 0 Å². The molecule has 1 radical (unpaired) electrons. The average molecular weight is 203 g/mol. The Morgan fingerprint density at radius 1 is 1.07 bits per heavy atom. The number of hydrogen-bond donors (Lipinski definition) is 0. The highest BCUT2D eigenvalue weighted by atomic mass is 14.0. The summed E-state index contributed by atoms with van der Waals surface area (Å²) in [5, 5.41) is 0. The van der Waals surface area contributed by atoms with Crippen LogP contribution in [0.3, 0.4) is 0 Å². The van der Waals surface area contributed by atoms with Crippen LogP contribution in [0.4, 0.5) is 0 Å². The van der Waals surface area contributed by atoms with Crippen LogP contribution < -0.4 is 0 Å². The molecule has 0 amide bonds. The largest absolute Gasteiger partial charge is 0.0654 e. The highest BCUT2D eigenvalue weighted by Gasteiger charge is 1.94. The monoisotopic (exact) mass is 203 g/mol. The summed E-state index contributed by atoms with van der Waals surface area (Å²) >= 11 is 0. The lowest BCUT2D eigenvalue weighted by Gasteiger charge is -2.02. The van der Waals surface area contributed by atoms with Crippen LogP contribution in [0.1, 0.15) is 56.6 Å². The quantitative estimate of drug-likeness (QED) is 0.563. The Hall–Kier alpha value is -0.780. The second-order valence-electron chi connectivity index (χ2n) is 4.41. The fraction of sp³-hybridized carbons (Fsp3) is 0.600. The average Bonchev–Trinajstić information content (AvgIpc) is 2.23. The third kappa shape index (κ3) is 5.61. The van der Waals surface area contributed by atoms with Crippen molar-refractivity contribution in [2.45, 2.75) is 58.8 Å². The zero-order valence-corrected chi connectivity index (χ0v) is 10.2. The van der Waals surface area contributed by atoms with Gasteiger partial charge in [-0.25, -0.2) is 0 Å². The minimum absolute atomic E-state index is 1.20. The molecule has 1 aromatic carbocycles. The van der Waals surface area contributed by atoms with Gasteiger partial charge in [-0.3, -0.25) is 0 Å². The molecule has 0 aliphatic carbocycles. The lowest BCUT2D eigenvalue weighted by atomic mass is 10.0. The minimum atomic E-state index is 1.20. The van der Waals surface area contributed by atoms with E-state index >= 15 is 0 Å². The molecular formula is C15H23. The van der Waals surface area contributed by atoms with Gasteiger partial charge < -0.3 is 0 Å². The lowest BCUT2D eigenvalue weighted by molar-refractivity contribution is 0.607. The van der Waals surface area contributed by atoms with Gasteiger partial charge in [0.15, 0.2) is 0 Å². The molecule has 0 heteroatoms. The van der Waals surface area contributed by atoms with Crippen molar-refractivity contribution in [3.8, 4) is 0 Å². The van der Waals surface area contributed by atoms with Crippen LogP contribution in [-0.4, -0.2) is 0 Å². The standard InChI is InChI=1S/C15H23/c1-3-4-5-6-7-8-11-15-12-9-10-14(2)13-15/h9-10,13H,3-8,11H2,1-2H3. The molecule has 0 saturated heterocycles. The molecule has 0 unspecified atom stereocenters. The maximum Gasteiger partial charge on any atom is -0.0149 e. The van der Waals surface area contributed by atoms with Crippen LogP contribution in [0.5, 0.6) is 0 Å². The Balaban J connectivity index is 2.10. The Labute approximate surface area is 94.7 Å². The molecular weight excluding hydrogens is 180 g/mol. The summed E-state index contributed by atoms with van der Waals surface area (Å²) in [7, 11) is 0. The second kappa shape index (κ2) is 7.50. The summed E-state index contributed by atoms with van der Waals surface area (Å²) in [5.41, 5.74) is 2.74. The minimum Gasteiger partial charge on any atom is -0.0654 e. The lowest BCUT2D eigenvalue weighted by Crippen LogP contribution is -1.87. The number of aryl methyl sites for hydroxylation is 2. The van der Waals surface area contributed by atoms with Crippen molar-refractivity contribution >= 4 is 0 Å². The van der Waals surface area contributed by atoms with Crippen molar-refractivity contribution in [1.82, 2.24) is 0 Å². The Kier molecular flexibility index (Phi) is 6.15. The van der Waals surface area contributed by atoms with Gasteiger partial charge in [0, 0.05) is 0 Å². The zero-order valence-electron chi connectivity index (χ0n) is 10.2. The normalized spacial score (nSPS) is 10.5.